The van der Waals surface area contributed by atoms with Gasteiger partial charge in [0.2, 0.25) is 0 Å². The lowest BCUT2D eigenvalue weighted by molar-refractivity contribution is 0.407. The van der Waals surface area contributed by atoms with Crippen molar-refractivity contribution in [3.8, 4) is 0 Å². The van der Waals surface area contributed by atoms with Gasteiger partial charge in [-0.3, -0.25) is 0 Å². The van der Waals surface area contributed by atoms with Gasteiger partial charge in [0.15, 0.2) is 0 Å². The van der Waals surface area contributed by atoms with Gasteiger partial charge in [0.05, 0.1) is 0 Å². The summed E-state index contributed by atoms with van der Waals surface area (Å²) in [4.78, 5) is 0. The minimum Gasteiger partial charge on any atom is -0.380 e. The van der Waals surface area contributed by atoms with Crippen LogP contribution in [0.1, 0.15) is 27.7 Å². The Balaban J connectivity index is 2.74. The monoisotopic (exact) mass is 255 g/mol. The second-order valence-corrected chi connectivity index (χ2v) is 5.42. The number of halogens is 1. The molecule has 0 bridgehead atoms. The SMILES string of the molecule is CC(C)C(C)(C)Nc1ccc(Br)cc1. The van der Waals surface area contributed by atoms with E-state index in [1.807, 2.05) is 0 Å². The molecule has 0 saturated heterocycles. The van der Waals surface area contributed by atoms with Crippen LogP contribution in [-0.4, -0.2) is 5.54 Å². The maximum atomic E-state index is 3.52. The lowest BCUT2D eigenvalue weighted by atomic mass is 9.90. The first-order chi connectivity index (χ1) is 6.42. The molecule has 1 aromatic carbocycles. The zero-order valence-corrected chi connectivity index (χ0v) is 10.9. The molecular weight excluding hydrogens is 238 g/mol. The largest absolute Gasteiger partial charge is 0.380 e. The van der Waals surface area contributed by atoms with Crippen LogP contribution in [0.2, 0.25) is 0 Å². The van der Waals surface area contributed by atoms with E-state index < -0.39 is 0 Å². The van der Waals surface area contributed by atoms with Crippen molar-refractivity contribution in [1.82, 2.24) is 0 Å². The third-order valence-electron chi connectivity index (χ3n) is 2.75. The van der Waals surface area contributed by atoms with Gasteiger partial charge >= 0.3 is 0 Å². The van der Waals surface area contributed by atoms with E-state index >= 15 is 0 Å². The Labute approximate surface area is 95.0 Å². The van der Waals surface area contributed by atoms with Crippen molar-refractivity contribution < 1.29 is 0 Å². The molecule has 0 atom stereocenters. The van der Waals surface area contributed by atoms with Crippen LogP contribution in [0.4, 0.5) is 5.69 Å². The van der Waals surface area contributed by atoms with E-state index in [1.54, 1.807) is 0 Å². The van der Waals surface area contributed by atoms with Crippen molar-refractivity contribution in [2.45, 2.75) is 33.2 Å². The van der Waals surface area contributed by atoms with Gasteiger partial charge < -0.3 is 5.32 Å². The van der Waals surface area contributed by atoms with Crippen molar-refractivity contribution in [1.29, 1.82) is 0 Å². The smallest absolute Gasteiger partial charge is 0.0345 e. The maximum Gasteiger partial charge on any atom is 0.0345 e. The van der Waals surface area contributed by atoms with Crippen molar-refractivity contribution in [3.05, 3.63) is 28.7 Å². The van der Waals surface area contributed by atoms with Crippen molar-refractivity contribution in [3.63, 3.8) is 0 Å². The van der Waals surface area contributed by atoms with Crippen LogP contribution in [0.3, 0.4) is 0 Å². The number of benzene rings is 1. The highest BCUT2D eigenvalue weighted by atomic mass is 79.9. The Kier molecular flexibility index (Phi) is 3.59. The van der Waals surface area contributed by atoms with E-state index in [4.69, 9.17) is 0 Å². The highest BCUT2D eigenvalue weighted by molar-refractivity contribution is 9.10. The van der Waals surface area contributed by atoms with E-state index in [-0.39, 0.29) is 5.54 Å². The molecule has 14 heavy (non-hydrogen) atoms. The fourth-order valence-electron chi connectivity index (χ4n) is 1.05. The van der Waals surface area contributed by atoms with E-state index in [0.29, 0.717) is 5.92 Å². The van der Waals surface area contributed by atoms with Gasteiger partial charge in [0.25, 0.3) is 0 Å². The average molecular weight is 256 g/mol. The molecule has 2 heteroatoms. The normalized spacial score (nSPS) is 11.9. The number of rotatable bonds is 3. The van der Waals surface area contributed by atoms with Gasteiger partial charge in [-0.15, -0.1) is 0 Å². The third kappa shape index (κ3) is 3.02. The first-order valence-electron chi connectivity index (χ1n) is 4.95. The summed E-state index contributed by atoms with van der Waals surface area (Å²) in [6.45, 7) is 8.90. The molecule has 1 N–H and O–H groups in total. The highest BCUT2D eigenvalue weighted by Crippen LogP contribution is 2.23. The molecule has 0 unspecified atom stereocenters. The predicted molar refractivity (Wildman–Crippen MR) is 66.7 cm³/mol. The van der Waals surface area contributed by atoms with Gasteiger partial charge in [0, 0.05) is 15.7 Å². The number of anilines is 1. The summed E-state index contributed by atoms with van der Waals surface area (Å²) in [6.07, 6.45) is 0. The van der Waals surface area contributed by atoms with E-state index in [0.717, 1.165) is 4.47 Å². The number of nitrogens with one attached hydrogen (secondary N) is 1. The molecule has 1 nitrogen and oxygen atoms in total. The molecule has 0 radical (unpaired) electrons. The molecule has 0 heterocycles. The number of hydrogen-bond donors (Lipinski definition) is 1. The summed E-state index contributed by atoms with van der Waals surface area (Å²) in [5, 5.41) is 3.52. The summed E-state index contributed by atoms with van der Waals surface area (Å²) in [5.74, 6) is 0.603. The molecule has 0 amide bonds. The molecule has 0 aliphatic carbocycles. The van der Waals surface area contributed by atoms with Crippen LogP contribution in [-0.2, 0) is 0 Å². The zero-order chi connectivity index (χ0) is 10.8. The van der Waals surface area contributed by atoms with Gasteiger partial charge in [-0.25, -0.2) is 0 Å². The molecule has 0 saturated carbocycles. The summed E-state index contributed by atoms with van der Waals surface area (Å²) in [6, 6.07) is 8.29. The Hall–Kier alpha value is -0.500. The van der Waals surface area contributed by atoms with Crippen molar-refractivity contribution >= 4 is 21.6 Å². The van der Waals surface area contributed by atoms with E-state index in [9.17, 15) is 0 Å². The standard InChI is InChI=1S/C12H18BrN/c1-9(2)12(3,4)14-11-7-5-10(13)6-8-11/h5-9,14H,1-4H3. The Bertz CT molecular complexity index is 288. The molecule has 0 spiro atoms. The Morgan fingerprint density at radius 3 is 2.07 bits per heavy atom. The summed E-state index contributed by atoms with van der Waals surface area (Å²) in [7, 11) is 0. The highest BCUT2D eigenvalue weighted by Gasteiger charge is 2.21. The summed E-state index contributed by atoms with van der Waals surface area (Å²) >= 11 is 3.43. The van der Waals surface area contributed by atoms with Crippen molar-refractivity contribution in [2.75, 3.05) is 5.32 Å². The quantitative estimate of drug-likeness (QED) is 0.850. The van der Waals surface area contributed by atoms with E-state index in [1.165, 1.54) is 5.69 Å². The van der Waals surface area contributed by atoms with Crippen LogP contribution in [0.5, 0.6) is 0 Å². The first-order valence-corrected chi connectivity index (χ1v) is 5.75. The third-order valence-corrected chi connectivity index (χ3v) is 3.28. The fourth-order valence-corrected chi connectivity index (χ4v) is 1.31. The first kappa shape index (κ1) is 11.6. The Morgan fingerprint density at radius 1 is 1.14 bits per heavy atom. The van der Waals surface area contributed by atoms with Gasteiger partial charge in [-0.2, -0.15) is 0 Å². The maximum absolute atomic E-state index is 3.52. The molecule has 0 aliphatic rings. The molecule has 0 fully saturated rings. The minimum atomic E-state index is 0.133. The summed E-state index contributed by atoms with van der Waals surface area (Å²) in [5.41, 5.74) is 1.31. The van der Waals surface area contributed by atoms with Crippen LogP contribution in [0, 0.1) is 5.92 Å². The molecule has 78 valence electrons. The van der Waals surface area contributed by atoms with Crippen LogP contribution in [0.15, 0.2) is 28.7 Å². The van der Waals surface area contributed by atoms with Gasteiger partial charge in [-0.1, -0.05) is 29.8 Å². The molecular formula is C12H18BrN. The zero-order valence-electron chi connectivity index (χ0n) is 9.26. The van der Waals surface area contributed by atoms with Crippen LogP contribution in [0.25, 0.3) is 0 Å². The second-order valence-electron chi connectivity index (χ2n) is 4.51. The lowest BCUT2D eigenvalue weighted by Gasteiger charge is -2.31. The van der Waals surface area contributed by atoms with E-state index in [2.05, 4.69) is 73.2 Å². The lowest BCUT2D eigenvalue weighted by Crippen LogP contribution is -2.36. The molecule has 1 aromatic rings. The number of hydrogen-bond acceptors (Lipinski definition) is 1. The molecule has 0 aromatic heterocycles. The van der Waals surface area contributed by atoms with Gasteiger partial charge in [-0.05, 0) is 44.0 Å². The average Bonchev–Trinajstić information content (AvgIpc) is 2.08. The predicted octanol–water partition coefficient (Wildman–Crippen LogP) is 4.30. The molecule has 0 aliphatic heterocycles. The van der Waals surface area contributed by atoms with Crippen LogP contribution < -0.4 is 5.32 Å². The van der Waals surface area contributed by atoms with Crippen molar-refractivity contribution in [2.24, 2.45) is 5.92 Å². The van der Waals surface area contributed by atoms with Gasteiger partial charge in [0.1, 0.15) is 0 Å². The summed E-state index contributed by atoms with van der Waals surface area (Å²) < 4.78 is 1.12. The fraction of sp³-hybridized carbons (Fsp3) is 0.500. The minimum absolute atomic E-state index is 0.133. The molecule has 1 rings (SSSR count). The van der Waals surface area contributed by atoms with Crippen LogP contribution >= 0.6 is 15.9 Å². The Morgan fingerprint density at radius 2 is 1.64 bits per heavy atom. The topological polar surface area (TPSA) is 12.0 Å². The second kappa shape index (κ2) is 4.35.